The van der Waals surface area contributed by atoms with Crippen LogP contribution in [0.4, 0.5) is 5.69 Å². The van der Waals surface area contributed by atoms with Crippen molar-refractivity contribution < 1.29 is 14.1 Å². The van der Waals surface area contributed by atoms with E-state index in [1.54, 1.807) is 35.7 Å². The summed E-state index contributed by atoms with van der Waals surface area (Å²) in [5.41, 5.74) is 2.87. The molecule has 1 aromatic heterocycles. The molecule has 34 heavy (non-hydrogen) atoms. The Labute approximate surface area is 201 Å². The molecular formula is C26H22N4O3S. The number of fused-ring (bicyclic) bond motifs is 2. The first-order valence-electron chi connectivity index (χ1n) is 11.0. The number of amides is 2. The Balaban J connectivity index is 1.42. The van der Waals surface area contributed by atoms with E-state index in [2.05, 4.69) is 15.5 Å². The fourth-order valence-electron chi connectivity index (χ4n) is 3.84. The fourth-order valence-corrected chi connectivity index (χ4v) is 4.95. The van der Waals surface area contributed by atoms with Crippen LogP contribution in [0.5, 0.6) is 0 Å². The van der Waals surface area contributed by atoms with Crippen molar-refractivity contribution >= 4 is 29.3 Å². The Morgan fingerprint density at radius 3 is 2.62 bits per heavy atom. The van der Waals surface area contributed by atoms with Crippen LogP contribution < -0.4 is 10.2 Å². The summed E-state index contributed by atoms with van der Waals surface area (Å²) in [6.07, 6.45) is 0. The molecule has 1 atom stereocenters. The van der Waals surface area contributed by atoms with Crippen molar-refractivity contribution in [1.82, 2.24) is 15.5 Å². The van der Waals surface area contributed by atoms with Crippen LogP contribution in [-0.2, 0) is 0 Å². The highest BCUT2D eigenvalue weighted by Crippen LogP contribution is 2.42. The van der Waals surface area contributed by atoms with Gasteiger partial charge in [0.2, 0.25) is 11.7 Å². The number of benzene rings is 3. The lowest BCUT2D eigenvalue weighted by Crippen LogP contribution is -2.30. The third kappa shape index (κ3) is 4.08. The molecule has 0 spiro atoms. The maximum Gasteiger partial charge on any atom is 0.259 e. The molecule has 0 saturated heterocycles. The first kappa shape index (κ1) is 21.9. The first-order chi connectivity index (χ1) is 16.5. The zero-order valence-corrected chi connectivity index (χ0v) is 19.5. The number of rotatable bonds is 5. The van der Waals surface area contributed by atoms with Gasteiger partial charge in [-0.1, -0.05) is 47.3 Å². The topological polar surface area (TPSA) is 88.3 Å². The van der Waals surface area contributed by atoms with E-state index in [1.165, 1.54) is 0 Å². The minimum atomic E-state index is -0.454. The highest BCUT2D eigenvalue weighted by molar-refractivity contribution is 7.99. The molecule has 7 nitrogen and oxygen atoms in total. The molecule has 0 radical (unpaired) electrons. The predicted octanol–water partition coefficient (Wildman–Crippen LogP) is 5.36. The van der Waals surface area contributed by atoms with Crippen LogP contribution in [0.1, 0.15) is 46.5 Å². The van der Waals surface area contributed by atoms with Gasteiger partial charge >= 0.3 is 0 Å². The molecule has 1 aliphatic heterocycles. The highest BCUT2D eigenvalue weighted by Gasteiger charge is 2.27. The van der Waals surface area contributed by atoms with Crippen LogP contribution in [0, 0.1) is 0 Å². The number of aromatic nitrogens is 2. The van der Waals surface area contributed by atoms with E-state index in [0.717, 1.165) is 21.0 Å². The van der Waals surface area contributed by atoms with Crippen molar-refractivity contribution in [2.45, 2.75) is 29.7 Å². The standard InChI is InChI=1S/C26H22N4O3S/c1-3-30-20-14-13-18(15-22(20)34-21-12-8-7-11-19(21)26(30)32)23-28-25(33-29-23)16(2)27-24(31)17-9-5-4-6-10-17/h4-16H,3H2,1-2H3,(H,27,31). The van der Waals surface area contributed by atoms with Gasteiger partial charge in [0.1, 0.15) is 6.04 Å². The maximum atomic E-state index is 13.1. The first-order valence-corrected chi connectivity index (χ1v) is 11.8. The number of nitrogens with one attached hydrogen (secondary N) is 1. The monoisotopic (exact) mass is 470 g/mol. The summed E-state index contributed by atoms with van der Waals surface area (Å²) in [6, 6.07) is 21.9. The molecule has 0 fully saturated rings. The number of carbonyl (C=O) groups excluding carboxylic acids is 2. The third-order valence-electron chi connectivity index (χ3n) is 5.60. The molecule has 0 saturated carbocycles. The van der Waals surface area contributed by atoms with Gasteiger partial charge in [-0.25, -0.2) is 0 Å². The van der Waals surface area contributed by atoms with Gasteiger partial charge in [0, 0.05) is 27.5 Å². The third-order valence-corrected chi connectivity index (χ3v) is 6.73. The van der Waals surface area contributed by atoms with E-state index in [9.17, 15) is 9.59 Å². The van der Waals surface area contributed by atoms with Crippen molar-refractivity contribution in [3.05, 3.63) is 89.8 Å². The molecule has 2 amide bonds. The largest absolute Gasteiger partial charge is 0.341 e. The number of hydrogen-bond donors (Lipinski definition) is 1. The van der Waals surface area contributed by atoms with Gasteiger partial charge in [-0.3, -0.25) is 9.59 Å². The molecule has 5 rings (SSSR count). The van der Waals surface area contributed by atoms with Gasteiger partial charge in [-0.05, 0) is 56.3 Å². The Bertz CT molecular complexity index is 1370. The molecule has 4 aromatic rings. The number of hydrogen-bond acceptors (Lipinski definition) is 6. The molecular weight excluding hydrogens is 448 g/mol. The van der Waals surface area contributed by atoms with E-state index >= 15 is 0 Å². The normalized spacial score (nSPS) is 13.6. The Morgan fingerprint density at radius 2 is 1.82 bits per heavy atom. The van der Waals surface area contributed by atoms with E-state index < -0.39 is 6.04 Å². The summed E-state index contributed by atoms with van der Waals surface area (Å²) in [4.78, 5) is 33.7. The second-order valence-electron chi connectivity index (χ2n) is 7.85. The summed E-state index contributed by atoms with van der Waals surface area (Å²) >= 11 is 1.55. The minimum Gasteiger partial charge on any atom is -0.341 e. The second-order valence-corrected chi connectivity index (χ2v) is 8.93. The number of nitrogens with zero attached hydrogens (tertiary/aromatic N) is 3. The average molecular weight is 471 g/mol. The molecule has 8 heteroatoms. The molecule has 1 aliphatic rings. The lowest BCUT2D eigenvalue weighted by Gasteiger charge is -2.21. The minimum absolute atomic E-state index is 0.0121. The zero-order valence-electron chi connectivity index (χ0n) is 18.7. The number of anilines is 1. The zero-order chi connectivity index (χ0) is 23.7. The van der Waals surface area contributed by atoms with Gasteiger partial charge in [0.05, 0.1) is 11.3 Å². The van der Waals surface area contributed by atoms with E-state index in [4.69, 9.17) is 4.52 Å². The van der Waals surface area contributed by atoms with E-state index in [0.29, 0.717) is 29.4 Å². The molecule has 0 aliphatic carbocycles. The van der Waals surface area contributed by atoms with Crippen LogP contribution >= 0.6 is 11.8 Å². The lowest BCUT2D eigenvalue weighted by atomic mass is 10.1. The van der Waals surface area contributed by atoms with Crippen LogP contribution in [0.2, 0.25) is 0 Å². The van der Waals surface area contributed by atoms with Crippen LogP contribution in [-0.4, -0.2) is 28.5 Å². The predicted molar refractivity (Wildman–Crippen MR) is 130 cm³/mol. The Morgan fingerprint density at radius 1 is 1.06 bits per heavy atom. The maximum absolute atomic E-state index is 13.1. The molecule has 1 unspecified atom stereocenters. The van der Waals surface area contributed by atoms with Crippen LogP contribution in [0.15, 0.2) is 87.1 Å². The summed E-state index contributed by atoms with van der Waals surface area (Å²) in [5, 5.41) is 7.01. The Hall–Kier alpha value is -3.91. The van der Waals surface area contributed by atoms with E-state index in [1.807, 2.05) is 67.6 Å². The van der Waals surface area contributed by atoms with Crippen molar-refractivity contribution in [3.8, 4) is 11.4 Å². The SMILES string of the molecule is CCN1C(=O)c2ccccc2Sc2cc(-c3noc(C(C)NC(=O)c4ccccc4)n3)ccc21. The Kier molecular flexibility index (Phi) is 5.90. The fraction of sp³-hybridized carbons (Fsp3) is 0.154. The summed E-state index contributed by atoms with van der Waals surface area (Å²) < 4.78 is 5.45. The van der Waals surface area contributed by atoms with Gasteiger partial charge in [0.15, 0.2) is 0 Å². The van der Waals surface area contributed by atoms with Crippen molar-refractivity contribution in [2.24, 2.45) is 0 Å². The van der Waals surface area contributed by atoms with Gasteiger partial charge < -0.3 is 14.7 Å². The van der Waals surface area contributed by atoms with Gasteiger partial charge in [-0.15, -0.1) is 0 Å². The van der Waals surface area contributed by atoms with Crippen LogP contribution in [0.25, 0.3) is 11.4 Å². The smallest absolute Gasteiger partial charge is 0.259 e. The molecule has 3 aromatic carbocycles. The van der Waals surface area contributed by atoms with E-state index in [-0.39, 0.29) is 11.8 Å². The van der Waals surface area contributed by atoms with Crippen molar-refractivity contribution in [3.63, 3.8) is 0 Å². The molecule has 1 N–H and O–H groups in total. The van der Waals surface area contributed by atoms with Crippen molar-refractivity contribution in [1.29, 1.82) is 0 Å². The second kappa shape index (κ2) is 9.15. The molecule has 170 valence electrons. The van der Waals surface area contributed by atoms with Gasteiger partial charge in [-0.2, -0.15) is 4.98 Å². The summed E-state index contributed by atoms with van der Waals surface area (Å²) in [5.74, 6) is 0.517. The van der Waals surface area contributed by atoms with Gasteiger partial charge in [0.25, 0.3) is 11.8 Å². The molecule has 0 bridgehead atoms. The highest BCUT2D eigenvalue weighted by atomic mass is 32.2. The quantitative estimate of drug-likeness (QED) is 0.423. The van der Waals surface area contributed by atoms with Crippen molar-refractivity contribution in [2.75, 3.05) is 11.4 Å². The average Bonchev–Trinajstić information content (AvgIpc) is 3.32. The summed E-state index contributed by atoms with van der Waals surface area (Å²) in [6.45, 7) is 4.32. The number of carbonyl (C=O) groups is 2. The lowest BCUT2D eigenvalue weighted by molar-refractivity contribution is 0.0931. The van der Waals surface area contributed by atoms with Crippen LogP contribution in [0.3, 0.4) is 0 Å². The molecule has 2 heterocycles. The summed E-state index contributed by atoms with van der Waals surface area (Å²) in [7, 11) is 0.